The molecule has 1 unspecified atom stereocenters. The van der Waals surface area contributed by atoms with Gasteiger partial charge in [0.2, 0.25) is 5.91 Å². The molecule has 0 aliphatic heterocycles. The first-order valence-corrected chi connectivity index (χ1v) is 4.84. The Hall–Kier alpha value is -1.65. The SMILES string of the molecule is Cc1ncc(NC(C)CC(N)=O)nc1C. The minimum absolute atomic E-state index is 0.0288. The zero-order chi connectivity index (χ0) is 11.4. The summed E-state index contributed by atoms with van der Waals surface area (Å²) in [5, 5.41) is 3.07. The van der Waals surface area contributed by atoms with Crippen LogP contribution in [-0.4, -0.2) is 21.9 Å². The van der Waals surface area contributed by atoms with E-state index in [-0.39, 0.29) is 18.4 Å². The summed E-state index contributed by atoms with van der Waals surface area (Å²) in [5.41, 5.74) is 6.87. The fourth-order valence-electron chi connectivity index (χ4n) is 1.22. The Morgan fingerprint density at radius 3 is 2.73 bits per heavy atom. The fourth-order valence-corrected chi connectivity index (χ4v) is 1.22. The van der Waals surface area contributed by atoms with Crippen LogP contribution in [0.5, 0.6) is 0 Å². The summed E-state index contributed by atoms with van der Waals surface area (Å²) >= 11 is 0. The van der Waals surface area contributed by atoms with Gasteiger partial charge < -0.3 is 11.1 Å². The molecule has 0 aromatic carbocycles. The molecule has 0 saturated carbocycles. The number of carbonyl (C=O) groups excluding carboxylic acids is 1. The number of hydrogen-bond donors (Lipinski definition) is 2. The summed E-state index contributed by atoms with van der Waals surface area (Å²) in [7, 11) is 0. The number of aromatic nitrogens is 2. The highest BCUT2D eigenvalue weighted by atomic mass is 16.1. The van der Waals surface area contributed by atoms with Gasteiger partial charge in [0.05, 0.1) is 17.6 Å². The second-order valence-corrected chi connectivity index (χ2v) is 3.64. The molecule has 1 rings (SSSR count). The fraction of sp³-hybridized carbons (Fsp3) is 0.500. The van der Waals surface area contributed by atoms with E-state index in [0.29, 0.717) is 5.82 Å². The summed E-state index contributed by atoms with van der Waals surface area (Å²) in [6.45, 7) is 5.67. The molecule has 5 nitrogen and oxygen atoms in total. The quantitative estimate of drug-likeness (QED) is 0.765. The topological polar surface area (TPSA) is 80.9 Å². The molecule has 0 bridgehead atoms. The standard InChI is InChI=1S/C10H16N4O/c1-6(4-9(11)15)13-10-5-12-7(2)8(3)14-10/h5-6H,4H2,1-3H3,(H2,11,15)(H,13,14). The van der Waals surface area contributed by atoms with Gasteiger partial charge in [-0.2, -0.15) is 0 Å². The first kappa shape index (κ1) is 11.4. The van der Waals surface area contributed by atoms with Gasteiger partial charge in [-0.05, 0) is 20.8 Å². The van der Waals surface area contributed by atoms with E-state index in [0.717, 1.165) is 11.4 Å². The maximum absolute atomic E-state index is 10.7. The molecule has 1 aromatic heterocycles. The van der Waals surface area contributed by atoms with Gasteiger partial charge in [0, 0.05) is 12.5 Å². The summed E-state index contributed by atoms with van der Waals surface area (Å²) in [4.78, 5) is 19.1. The average Bonchev–Trinajstić information content (AvgIpc) is 2.10. The zero-order valence-corrected chi connectivity index (χ0v) is 9.24. The second-order valence-electron chi connectivity index (χ2n) is 3.64. The van der Waals surface area contributed by atoms with Crippen LogP contribution in [0.2, 0.25) is 0 Å². The van der Waals surface area contributed by atoms with Crippen LogP contribution in [-0.2, 0) is 4.79 Å². The number of amides is 1. The Morgan fingerprint density at radius 2 is 2.20 bits per heavy atom. The number of aryl methyl sites for hydroxylation is 2. The number of primary amides is 1. The average molecular weight is 208 g/mol. The lowest BCUT2D eigenvalue weighted by Gasteiger charge is -2.12. The van der Waals surface area contributed by atoms with Crippen molar-refractivity contribution in [2.24, 2.45) is 5.73 Å². The molecule has 1 heterocycles. The van der Waals surface area contributed by atoms with E-state index < -0.39 is 0 Å². The molecule has 0 spiro atoms. The summed E-state index contributed by atoms with van der Waals surface area (Å²) in [6, 6.07) is -0.0288. The van der Waals surface area contributed by atoms with Gasteiger partial charge in [-0.15, -0.1) is 0 Å². The molecule has 0 radical (unpaired) electrons. The lowest BCUT2D eigenvalue weighted by atomic mass is 10.2. The third-order valence-corrected chi connectivity index (χ3v) is 2.09. The van der Waals surface area contributed by atoms with E-state index in [4.69, 9.17) is 5.73 Å². The highest BCUT2D eigenvalue weighted by Gasteiger charge is 2.07. The Kier molecular flexibility index (Phi) is 3.60. The zero-order valence-electron chi connectivity index (χ0n) is 9.24. The number of nitrogens with zero attached hydrogens (tertiary/aromatic N) is 2. The van der Waals surface area contributed by atoms with Gasteiger partial charge in [0.1, 0.15) is 5.82 Å². The highest BCUT2D eigenvalue weighted by molar-refractivity contribution is 5.74. The van der Waals surface area contributed by atoms with E-state index in [9.17, 15) is 4.79 Å². The number of nitrogens with one attached hydrogen (secondary N) is 1. The molecule has 5 heteroatoms. The van der Waals surface area contributed by atoms with E-state index in [1.807, 2.05) is 20.8 Å². The predicted octanol–water partition coefficient (Wildman–Crippen LogP) is 0.769. The molecular weight excluding hydrogens is 192 g/mol. The number of rotatable bonds is 4. The van der Waals surface area contributed by atoms with Crippen molar-refractivity contribution in [3.63, 3.8) is 0 Å². The van der Waals surface area contributed by atoms with E-state index in [1.54, 1.807) is 6.20 Å². The summed E-state index contributed by atoms with van der Waals surface area (Å²) < 4.78 is 0. The number of anilines is 1. The van der Waals surface area contributed by atoms with Crippen molar-refractivity contribution in [1.82, 2.24) is 9.97 Å². The van der Waals surface area contributed by atoms with Crippen molar-refractivity contribution in [2.75, 3.05) is 5.32 Å². The largest absolute Gasteiger partial charge is 0.370 e. The van der Waals surface area contributed by atoms with Gasteiger partial charge in [-0.25, -0.2) is 4.98 Å². The Balaban J connectivity index is 2.64. The van der Waals surface area contributed by atoms with Gasteiger partial charge in [-0.3, -0.25) is 9.78 Å². The predicted molar refractivity (Wildman–Crippen MR) is 58.4 cm³/mol. The smallest absolute Gasteiger partial charge is 0.219 e. The molecule has 15 heavy (non-hydrogen) atoms. The molecule has 0 saturated heterocycles. The number of carbonyl (C=O) groups is 1. The van der Waals surface area contributed by atoms with Crippen LogP contribution in [0.15, 0.2) is 6.20 Å². The molecule has 82 valence electrons. The monoisotopic (exact) mass is 208 g/mol. The van der Waals surface area contributed by atoms with Crippen LogP contribution in [0, 0.1) is 13.8 Å². The molecule has 0 fully saturated rings. The first-order valence-electron chi connectivity index (χ1n) is 4.84. The Labute approximate surface area is 89.1 Å². The number of hydrogen-bond acceptors (Lipinski definition) is 4. The normalized spacial score (nSPS) is 12.2. The van der Waals surface area contributed by atoms with Crippen molar-refractivity contribution in [3.05, 3.63) is 17.6 Å². The Morgan fingerprint density at radius 1 is 1.53 bits per heavy atom. The van der Waals surface area contributed by atoms with Crippen LogP contribution < -0.4 is 11.1 Å². The van der Waals surface area contributed by atoms with Gasteiger partial charge >= 0.3 is 0 Å². The van der Waals surface area contributed by atoms with Gasteiger partial charge in [0.25, 0.3) is 0 Å². The van der Waals surface area contributed by atoms with Crippen molar-refractivity contribution >= 4 is 11.7 Å². The third-order valence-electron chi connectivity index (χ3n) is 2.09. The number of nitrogens with two attached hydrogens (primary N) is 1. The maximum atomic E-state index is 10.7. The van der Waals surface area contributed by atoms with Crippen molar-refractivity contribution < 1.29 is 4.79 Å². The molecule has 1 atom stereocenters. The molecule has 1 amide bonds. The second kappa shape index (κ2) is 4.72. The van der Waals surface area contributed by atoms with Crippen molar-refractivity contribution in [3.8, 4) is 0 Å². The molecule has 0 aliphatic carbocycles. The third kappa shape index (κ3) is 3.53. The van der Waals surface area contributed by atoms with Crippen LogP contribution in [0.25, 0.3) is 0 Å². The minimum Gasteiger partial charge on any atom is -0.370 e. The van der Waals surface area contributed by atoms with Crippen LogP contribution in [0.1, 0.15) is 24.7 Å². The van der Waals surface area contributed by atoms with Crippen LogP contribution >= 0.6 is 0 Å². The van der Waals surface area contributed by atoms with Crippen molar-refractivity contribution in [1.29, 1.82) is 0 Å². The van der Waals surface area contributed by atoms with E-state index in [2.05, 4.69) is 15.3 Å². The van der Waals surface area contributed by atoms with E-state index >= 15 is 0 Å². The molecular formula is C10H16N4O. The molecule has 3 N–H and O–H groups in total. The summed E-state index contributed by atoms with van der Waals surface area (Å²) in [5.74, 6) is 0.346. The first-order chi connectivity index (χ1) is 6.99. The van der Waals surface area contributed by atoms with Crippen LogP contribution in [0.3, 0.4) is 0 Å². The highest BCUT2D eigenvalue weighted by Crippen LogP contribution is 2.07. The lowest BCUT2D eigenvalue weighted by Crippen LogP contribution is -2.24. The Bertz CT molecular complexity index is 364. The van der Waals surface area contributed by atoms with Crippen molar-refractivity contribution in [2.45, 2.75) is 33.2 Å². The minimum atomic E-state index is -0.327. The van der Waals surface area contributed by atoms with Crippen LogP contribution in [0.4, 0.5) is 5.82 Å². The summed E-state index contributed by atoms with van der Waals surface area (Å²) in [6.07, 6.45) is 1.94. The van der Waals surface area contributed by atoms with Gasteiger partial charge in [-0.1, -0.05) is 0 Å². The molecule has 0 aliphatic rings. The van der Waals surface area contributed by atoms with E-state index in [1.165, 1.54) is 0 Å². The van der Waals surface area contributed by atoms with Gasteiger partial charge in [0.15, 0.2) is 0 Å². The lowest BCUT2D eigenvalue weighted by molar-refractivity contribution is -0.118. The maximum Gasteiger partial charge on any atom is 0.219 e. The molecule has 1 aromatic rings.